The Kier molecular flexibility index (Phi) is 9.77. The molecule has 0 fully saturated rings. The lowest BCUT2D eigenvalue weighted by Crippen LogP contribution is -2.32. The van der Waals surface area contributed by atoms with E-state index in [4.69, 9.17) is 14.0 Å². The van der Waals surface area contributed by atoms with Crippen LogP contribution in [0.4, 0.5) is 0 Å². The number of phenols is 1. The van der Waals surface area contributed by atoms with Gasteiger partial charge in [0, 0.05) is 6.54 Å². The number of methoxy groups -OCH3 is 2. The molecule has 2 aromatic carbocycles. The molecular weight excluding hydrogens is 472 g/mol. The van der Waals surface area contributed by atoms with Crippen LogP contribution in [0.3, 0.4) is 0 Å². The predicted molar refractivity (Wildman–Crippen MR) is 132 cm³/mol. The van der Waals surface area contributed by atoms with Gasteiger partial charge in [-0.3, -0.25) is 4.55 Å². The smallest absolute Gasteiger partial charge is 0.446 e. The highest BCUT2D eigenvalue weighted by molar-refractivity contribution is 7.81. The van der Waals surface area contributed by atoms with Crippen molar-refractivity contribution in [2.45, 2.75) is 38.5 Å². The van der Waals surface area contributed by atoms with E-state index in [1.54, 1.807) is 20.3 Å². The van der Waals surface area contributed by atoms with E-state index in [9.17, 15) is 18.8 Å². The first kappa shape index (κ1) is 28.2. The van der Waals surface area contributed by atoms with Gasteiger partial charge in [0.05, 0.1) is 25.7 Å². The minimum absolute atomic E-state index is 0.0719. The van der Waals surface area contributed by atoms with Crippen LogP contribution >= 0.6 is 0 Å². The average Bonchev–Trinajstić information content (AvgIpc) is 2.80. The number of ether oxygens (including phenoxy) is 2. The Morgan fingerprint density at radius 1 is 1.06 bits per heavy atom. The molecule has 0 aromatic heterocycles. The summed E-state index contributed by atoms with van der Waals surface area (Å²) in [4.78, 5) is 2.19. The average molecular weight is 507 g/mol. The van der Waals surface area contributed by atoms with E-state index in [1.807, 2.05) is 39.1 Å². The van der Waals surface area contributed by atoms with Crippen molar-refractivity contribution >= 4 is 10.4 Å². The highest BCUT2D eigenvalue weighted by atomic mass is 32.3. The molecule has 35 heavy (non-hydrogen) atoms. The van der Waals surface area contributed by atoms with Gasteiger partial charge in [0.15, 0.2) is 23.0 Å². The van der Waals surface area contributed by atoms with Gasteiger partial charge < -0.3 is 23.7 Å². The molecule has 0 saturated heterocycles. The Bertz CT molecular complexity index is 1140. The Morgan fingerprint density at radius 2 is 1.71 bits per heavy atom. The van der Waals surface area contributed by atoms with E-state index in [1.165, 1.54) is 12.1 Å². The molecule has 10 heteroatoms. The predicted octanol–water partition coefficient (Wildman–Crippen LogP) is 3.96. The molecule has 0 aliphatic rings. The van der Waals surface area contributed by atoms with Crippen molar-refractivity contribution < 1.29 is 31.7 Å². The molecule has 0 radical (unpaired) electrons. The van der Waals surface area contributed by atoms with E-state index in [0.717, 1.165) is 31.5 Å². The highest BCUT2D eigenvalue weighted by Gasteiger charge is 2.36. The van der Waals surface area contributed by atoms with E-state index in [0.29, 0.717) is 23.5 Å². The van der Waals surface area contributed by atoms with Crippen LogP contribution in [0.2, 0.25) is 0 Å². The van der Waals surface area contributed by atoms with E-state index in [-0.39, 0.29) is 5.92 Å². The zero-order valence-electron chi connectivity index (χ0n) is 20.8. The first-order valence-corrected chi connectivity index (χ1v) is 12.6. The lowest BCUT2D eigenvalue weighted by atomic mass is 9.69. The molecular formula is C25H34N2O7S. The molecule has 9 nitrogen and oxygen atoms in total. The molecule has 0 heterocycles. The van der Waals surface area contributed by atoms with E-state index >= 15 is 0 Å². The molecule has 2 N–H and O–H groups in total. The maximum absolute atomic E-state index is 11.0. The van der Waals surface area contributed by atoms with Gasteiger partial charge in [-0.05, 0) is 74.2 Å². The zero-order valence-corrected chi connectivity index (χ0v) is 21.6. The van der Waals surface area contributed by atoms with Gasteiger partial charge in [-0.25, -0.2) is 0 Å². The van der Waals surface area contributed by atoms with Crippen LogP contribution in [0.5, 0.6) is 23.0 Å². The van der Waals surface area contributed by atoms with Crippen molar-refractivity contribution in [3.05, 3.63) is 47.5 Å². The minimum atomic E-state index is -4.77. The zero-order chi connectivity index (χ0) is 26.2. The van der Waals surface area contributed by atoms with Crippen molar-refractivity contribution in [3.8, 4) is 29.1 Å². The number of nitrogens with zero attached hydrogens (tertiary/aromatic N) is 2. The number of phenolic OH excluding ortho intramolecular Hbond substituents is 1. The normalized spacial score (nSPS) is 13.3. The summed E-state index contributed by atoms with van der Waals surface area (Å²) in [5, 5.41) is 20.3. The summed E-state index contributed by atoms with van der Waals surface area (Å²) in [7, 11) is 0.469. The third kappa shape index (κ3) is 7.49. The molecule has 2 rings (SSSR count). The van der Waals surface area contributed by atoms with Crippen LogP contribution in [0.25, 0.3) is 0 Å². The largest absolute Gasteiger partial charge is 0.504 e. The van der Waals surface area contributed by atoms with Crippen molar-refractivity contribution in [2.75, 3.05) is 34.4 Å². The van der Waals surface area contributed by atoms with Crippen LogP contribution in [0, 0.1) is 17.2 Å². The molecule has 0 aliphatic carbocycles. The molecule has 0 bridgehead atoms. The summed E-state index contributed by atoms with van der Waals surface area (Å²) in [5.74, 6) is 0.445. The quantitative estimate of drug-likeness (QED) is 0.388. The lowest BCUT2D eigenvalue weighted by molar-refractivity contribution is 0.293. The third-order valence-corrected chi connectivity index (χ3v) is 6.59. The van der Waals surface area contributed by atoms with Gasteiger partial charge in [0.2, 0.25) is 0 Å². The molecule has 0 amide bonds. The molecule has 1 atom stereocenters. The number of nitriles is 1. The Hall–Kier alpha value is -3.00. The lowest BCUT2D eigenvalue weighted by Gasteiger charge is -2.32. The molecule has 0 saturated carbocycles. The topological polar surface area (TPSA) is 129 Å². The third-order valence-electron chi connectivity index (χ3n) is 6.20. The second-order valence-corrected chi connectivity index (χ2v) is 9.80. The maximum Gasteiger partial charge on any atom is 0.446 e. The summed E-state index contributed by atoms with van der Waals surface area (Å²) in [6.45, 7) is 5.45. The molecule has 1 unspecified atom stereocenters. The van der Waals surface area contributed by atoms with E-state index < -0.39 is 27.3 Å². The highest BCUT2D eigenvalue weighted by Crippen LogP contribution is 2.40. The molecule has 0 spiro atoms. The SMILES string of the molecule is COc1ccc(CCN(C)CCCC(C#N)(c2ccc(OS(=O)(=O)O)c(O)c2)C(C)C)cc1OC. The second-order valence-electron chi connectivity index (χ2n) is 8.78. The first-order valence-electron chi connectivity index (χ1n) is 11.3. The molecule has 192 valence electrons. The minimum Gasteiger partial charge on any atom is -0.504 e. The van der Waals surface area contributed by atoms with Gasteiger partial charge in [-0.2, -0.15) is 13.7 Å². The van der Waals surface area contributed by atoms with Crippen LogP contribution in [-0.4, -0.2) is 57.3 Å². The van der Waals surface area contributed by atoms with E-state index in [2.05, 4.69) is 15.2 Å². The number of hydrogen-bond acceptors (Lipinski definition) is 8. The summed E-state index contributed by atoms with van der Waals surface area (Å²) < 4.78 is 45.8. The summed E-state index contributed by atoms with van der Waals surface area (Å²) in [6, 6.07) is 12.4. The second kappa shape index (κ2) is 12.1. The number of aromatic hydroxyl groups is 1. The summed E-state index contributed by atoms with van der Waals surface area (Å²) in [6.07, 6.45) is 2.10. The molecule has 0 aliphatic heterocycles. The number of likely N-dealkylation sites (N-methyl/N-ethyl adjacent to an activating group) is 1. The fourth-order valence-corrected chi connectivity index (χ4v) is 4.46. The number of rotatable bonds is 13. The standard InChI is InChI=1S/C25H34N2O7S/c1-18(2)25(17-26,20-8-10-22(21(28)16-20)34-35(29,30)31)12-6-13-27(3)14-11-19-7-9-23(32-4)24(15-19)33-5/h7-10,15-16,18,28H,6,11-14H2,1-5H3,(H,29,30,31). The van der Waals surface area contributed by atoms with Crippen LogP contribution < -0.4 is 13.7 Å². The number of hydrogen-bond donors (Lipinski definition) is 2. The van der Waals surface area contributed by atoms with Gasteiger partial charge in [0.1, 0.15) is 0 Å². The maximum atomic E-state index is 11.0. The Balaban J connectivity index is 2.05. The van der Waals surface area contributed by atoms with Crippen LogP contribution in [-0.2, 0) is 22.2 Å². The van der Waals surface area contributed by atoms with Gasteiger partial charge in [-0.15, -0.1) is 0 Å². The Labute approximate surface area is 207 Å². The first-order chi connectivity index (χ1) is 16.5. The van der Waals surface area contributed by atoms with Gasteiger partial charge in [-0.1, -0.05) is 26.0 Å². The van der Waals surface area contributed by atoms with Crippen molar-refractivity contribution in [2.24, 2.45) is 5.92 Å². The van der Waals surface area contributed by atoms with Crippen molar-refractivity contribution in [1.82, 2.24) is 4.90 Å². The monoisotopic (exact) mass is 506 g/mol. The fraction of sp³-hybridized carbons (Fsp3) is 0.480. The van der Waals surface area contributed by atoms with Crippen molar-refractivity contribution in [1.29, 1.82) is 5.26 Å². The number of benzene rings is 2. The summed E-state index contributed by atoms with van der Waals surface area (Å²) >= 11 is 0. The van der Waals surface area contributed by atoms with Crippen molar-refractivity contribution in [3.63, 3.8) is 0 Å². The summed E-state index contributed by atoms with van der Waals surface area (Å²) in [5.41, 5.74) is 0.798. The van der Waals surface area contributed by atoms with Gasteiger partial charge in [0.25, 0.3) is 0 Å². The molecule has 2 aromatic rings. The van der Waals surface area contributed by atoms with Crippen LogP contribution in [0.1, 0.15) is 37.8 Å². The van der Waals surface area contributed by atoms with Gasteiger partial charge >= 0.3 is 10.4 Å². The van der Waals surface area contributed by atoms with Crippen LogP contribution in [0.15, 0.2) is 36.4 Å². The Morgan fingerprint density at radius 3 is 2.26 bits per heavy atom. The fourth-order valence-electron chi connectivity index (χ4n) is 4.09.